The first-order chi connectivity index (χ1) is 27.3. The van der Waals surface area contributed by atoms with Gasteiger partial charge in [-0.25, -0.2) is 4.98 Å². The zero-order valence-electron chi connectivity index (χ0n) is 29.2. The summed E-state index contributed by atoms with van der Waals surface area (Å²) >= 11 is 0. The van der Waals surface area contributed by atoms with Crippen molar-refractivity contribution in [1.29, 1.82) is 0 Å². The van der Waals surface area contributed by atoms with Crippen LogP contribution in [0.1, 0.15) is 0 Å². The summed E-state index contributed by atoms with van der Waals surface area (Å²) in [6, 6.07) is 57.6. The molecule has 55 heavy (non-hydrogen) atoms. The van der Waals surface area contributed by atoms with Gasteiger partial charge in [0, 0.05) is 49.1 Å². The molecule has 0 atom stereocenters. The zero-order valence-corrected chi connectivity index (χ0v) is 29.2. The van der Waals surface area contributed by atoms with Gasteiger partial charge in [-0.3, -0.25) is 4.57 Å². The molecule has 0 spiro atoms. The molecule has 12 aromatic rings. The molecule has 0 saturated heterocycles. The fourth-order valence-electron chi connectivity index (χ4n) is 9.30. The SMILES string of the molecule is c1ccc(-c2nc(-c3cccc4oc5ccccc5c34)nc(-n3c4cccc5c4c4c6c7c8c-5cccc8ccc7n(-c5ccccc5)c6ccc43)n2)cc1. The number of aromatic nitrogens is 5. The van der Waals surface area contributed by atoms with Crippen LogP contribution < -0.4 is 0 Å². The maximum absolute atomic E-state index is 6.32. The highest BCUT2D eigenvalue weighted by atomic mass is 16.3. The molecule has 0 fully saturated rings. The molecule has 0 radical (unpaired) electrons. The molecule has 0 bridgehead atoms. The van der Waals surface area contributed by atoms with Crippen molar-refractivity contribution in [2.75, 3.05) is 0 Å². The average molecular weight is 702 g/mol. The quantitative estimate of drug-likeness (QED) is 0.183. The fourth-order valence-corrected chi connectivity index (χ4v) is 9.30. The molecular formula is C49H27N5O. The van der Waals surface area contributed by atoms with Crippen molar-refractivity contribution < 1.29 is 4.42 Å². The minimum Gasteiger partial charge on any atom is -0.456 e. The van der Waals surface area contributed by atoms with Gasteiger partial charge in [0.2, 0.25) is 5.95 Å². The molecule has 4 heterocycles. The van der Waals surface area contributed by atoms with Crippen LogP contribution in [0.3, 0.4) is 0 Å². The second kappa shape index (κ2) is 10.5. The molecule has 0 N–H and O–H groups in total. The van der Waals surface area contributed by atoms with E-state index in [-0.39, 0.29) is 0 Å². The third kappa shape index (κ3) is 3.79. The molecule has 6 heteroatoms. The van der Waals surface area contributed by atoms with Crippen LogP contribution in [-0.4, -0.2) is 24.1 Å². The molecule has 13 rings (SSSR count). The molecule has 0 unspecified atom stereocenters. The monoisotopic (exact) mass is 701 g/mol. The third-order valence-electron chi connectivity index (χ3n) is 11.5. The lowest BCUT2D eigenvalue weighted by Crippen LogP contribution is -2.06. The highest BCUT2D eigenvalue weighted by Crippen LogP contribution is 2.51. The van der Waals surface area contributed by atoms with Crippen molar-refractivity contribution in [1.82, 2.24) is 24.1 Å². The molecule has 254 valence electrons. The van der Waals surface area contributed by atoms with E-state index in [0.717, 1.165) is 49.8 Å². The summed E-state index contributed by atoms with van der Waals surface area (Å²) in [5.74, 6) is 1.77. The number of para-hydroxylation sites is 2. The molecule has 0 amide bonds. The predicted molar refractivity (Wildman–Crippen MR) is 223 cm³/mol. The highest BCUT2D eigenvalue weighted by molar-refractivity contribution is 6.38. The minimum absolute atomic E-state index is 0.566. The predicted octanol–water partition coefficient (Wildman–Crippen LogP) is 12.4. The maximum atomic E-state index is 6.32. The van der Waals surface area contributed by atoms with E-state index < -0.39 is 0 Å². The number of nitrogens with zero attached hydrogens (tertiary/aromatic N) is 5. The van der Waals surface area contributed by atoms with Crippen molar-refractivity contribution in [3.8, 4) is 45.5 Å². The summed E-state index contributed by atoms with van der Waals surface area (Å²) in [5, 5.41) is 9.47. The molecule has 0 aliphatic heterocycles. The number of furan rings is 1. The summed E-state index contributed by atoms with van der Waals surface area (Å²) in [4.78, 5) is 15.9. The number of benzene rings is 8. The largest absolute Gasteiger partial charge is 0.456 e. The second-order valence-corrected chi connectivity index (χ2v) is 14.3. The summed E-state index contributed by atoms with van der Waals surface area (Å²) < 4.78 is 11.0. The molecule has 1 aliphatic rings. The number of fused-ring (bicyclic) bond motifs is 4. The number of rotatable bonds is 4. The Balaban J connectivity index is 1.20. The van der Waals surface area contributed by atoms with Gasteiger partial charge in [-0.1, -0.05) is 115 Å². The highest BCUT2D eigenvalue weighted by Gasteiger charge is 2.28. The lowest BCUT2D eigenvalue weighted by Gasteiger charge is -2.12. The maximum Gasteiger partial charge on any atom is 0.238 e. The minimum atomic E-state index is 0.566. The Morgan fingerprint density at radius 1 is 0.364 bits per heavy atom. The molecular weight excluding hydrogens is 675 g/mol. The Morgan fingerprint density at radius 2 is 0.964 bits per heavy atom. The first kappa shape index (κ1) is 28.9. The van der Waals surface area contributed by atoms with E-state index >= 15 is 0 Å². The van der Waals surface area contributed by atoms with Crippen LogP contribution in [0.15, 0.2) is 168 Å². The summed E-state index contributed by atoms with van der Waals surface area (Å²) in [7, 11) is 0. The molecule has 8 aromatic carbocycles. The summed E-state index contributed by atoms with van der Waals surface area (Å²) in [6.45, 7) is 0. The van der Waals surface area contributed by atoms with Crippen LogP contribution in [0, 0.1) is 0 Å². The zero-order chi connectivity index (χ0) is 35.8. The van der Waals surface area contributed by atoms with Crippen LogP contribution in [0.25, 0.3) is 122 Å². The van der Waals surface area contributed by atoms with Gasteiger partial charge in [0.05, 0.1) is 22.1 Å². The van der Waals surface area contributed by atoms with Crippen molar-refractivity contribution in [3.63, 3.8) is 0 Å². The van der Waals surface area contributed by atoms with E-state index in [1.54, 1.807) is 0 Å². The van der Waals surface area contributed by atoms with Gasteiger partial charge in [0.1, 0.15) is 11.2 Å². The van der Waals surface area contributed by atoms with Gasteiger partial charge in [-0.15, -0.1) is 0 Å². The van der Waals surface area contributed by atoms with Crippen LogP contribution in [0.2, 0.25) is 0 Å². The lowest BCUT2D eigenvalue weighted by atomic mass is 9.95. The normalized spacial score (nSPS) is 12.4. The Morgan fingerprint density at radius 3 is 1.82 bits per heavy atom. The van der Waals surface area contributed by atoms with E-state index in [1.165, 1.54) is 54.5 Å². The van der Waals surface area contributed by atoms with Crippen LogP contribution in [-0.2, 0) is 0 Å². The first-order valence-corrected chi connectivity index (χ1v) is 18.5. The van der Waals surface area contributed by atoms with Crippen LogP contribution in [0.5, 0.6) is 0 Å². The van der Waals surface area contributed by atoms with Crippen LogP contribution >= 0.6 is 0 Å². The fraction of sp³-hybridized carbons (Fsp3) is 0. The van der Waals surface area contributed by atoms with E-state index in [0.29, 0.717) is 17.6 Å². The Kier molecular flexibility index (Phi) is 5.54. The van der Waals surface area contributed by atoms with E-state index in [4.69, 9.17) is 19.4 Å². The Labute approximate surface area is 313 Å². The van der Waals surface area contributed by atoms with Crippen molar-refractivity contribution in [2.24, 2.45) is 0 Å². The first-order valence-electron chi connectivity index (χ1n) is 18.5. The van der Waals surface area contributed by atoms with Gasteiger partial charge >= 0.3 is 0 Å². The second-order valence-electron chi connectivity index (χ2n) is 14.3. The smallest absolute Gasteiger partial charge is 0.238 e. The van der Waals surface area contributed by atoms with E-state index in [1.807, 2.05) is 48.5 Å². The Hall–Kier alpha value is -7.57. The molecule has 0 saturated carbocycles. The van der Waals surface area contributed by atoms with Gasteiger partial charge in [-0.05, 0) is 70.4 Å². The lowest BCUT2D eigenvalue weighted by molar-refractivity contribution is 0.669. The Bertz CT molecular complexity index is 3590. The molecule has 1 aliphatic carbocycles. The average Bonchev–Trinajstić information content (AvgIpc) is 3.88. The number of hydrogen-bond donors (Lipinski definition) is 0. The van der Waals surface area contributed by atoms with Gasteiger partial charge < -0.3 is 8.98 Å². The van der Waals surface area contributed by atoms with E-state index in [9.17, 15) is 0 Å². The topological polar surface area (TPSA) is 61.7 Å². The van der Waals surface area contributed by atoms with Crippen molar-refractivity contribution in [3.05, 3.63) is 164 Å². The van der Waals surface area contributed by atoms with Gasteiger partial charge in [0.25, 0.3) is 0 Å². The van der Waals surface area contributed by atoms with Crippen molar-refractivity contribution in [2.45, 2.75) is 0 Å². The third-order valence-corrected chi connectivity index (χ3v) is 11.5. The standard InChI is InChI=1S/C49H27N5O/c1-3-12-29(13-4-1)47-50-48(34-20-11-23-40-42(34)33-17-7-8-22-39(33)55-40)52-49(51-47)54-35-21-10-19-32-31-18-9-14-28-24-25-36-44(41(28)31)46-37(26-27-38(54)45(46)43(32)35)53(36)30-15-5-2-6-16-30/h1-27H. The van der Waals surface area contributed by atoms with Crippen LogP contribution in [0.4, 0.5) is 0 Å². The molecule has 4 aromatic heterocycles. The summed E-state index contributed by atoms with van der Waals surface area (Å²) in [5.41, 5.74) is 11.5. The number of hydrogen-bond acceptors (Lipinski definition) is 4. The van der Waals surface area contributed by atoms with Gasteiger partial charge in [-0.2, -0.15) is 9.97 Å². The summed E-state index contributed by atoms with van der Waals surface area (Å²) in [6.07, 6.45) is 0. The van der Waals surface area contributed by atoms with Crippen molar-refractivity contribution >= 4 is 76.3 Å². The van der Waals surface area contributed by atoms with Gasteiger partial charge in [0.15, 0.2) is 11.6 Å². The van der Waals surface area contributed by atoms with E-state index in [2.05, 4.69) is 124 Å². The molecule has 6 nitrogen and oxygen atoms in total.